The number of carbonyl (C=O) groups excluding carboxylic acids is 1. The largest absolute Gasteiger partial charge is 0.416 e. The van der Waals surface area contributed by atoms with Crippen LogP contribution in [0.2, 0.25) is 5.02 Å². The minimum Gasteiger partial charge on any atom is -0.361 e. The normalized spacial score (nSPS) is 13.1. The molecule has 4 aromatic rings. The molecule has 0 aliphatic heterocycles. The van der Waals surface area contributed by atoms with Crippen LogP contribution in [0.4, 0.5) is 13.2 Å². The SMILES string of the molecule is CC(c1ccc(C(C)(C)C)cc1)N(CCc1cccc(C(F)(F)F)c1)C(=O)c1cc(Cl)cc2cc[nH]c12. The van der Waals surface area contributed by atoms with E-state index in [2.05, 4.69) is 37.9 Å². The number of aromatic amines is 1. The second kappa shape index (κ2) is 10.3. The number of aromatic nitrogens is 1. The third kappa shape index (κ3) is 6.02. The highest BCUT2D eigenvalue weighted by molar-refractivity contribution is 6.32. The van der Waals surface area contributed by atoms with Crippen LogP contribution >= 0.6 is 11.6 Å². The predicted molar refractivity (Wildman–Crippen MR) is 143 cm³/mol. The number of amides is 1. The number of halogens is 4. The fourth-order valence-electron chi connectivity index (χ4n) is 4.52. The summed E-state index contributed by atoms with van der Waals surface area (Å²) in [5, 5.41) is 1.26. The fraction of sp³-hybridized carbons (Fsp3) is 0.300. The molecule has 1 unspecified atom stereocenters. The molecule has 1 aromatic heterocycles. The van der Waals surface area contributed by atoms with Gasteiger partial charge in [0.1, 0.15) is 0 Å². The average Bonchev–Trinajstić information content (AvgIpc) is 3.31. The summed E-state index contributed by atoms with van der Waals surface area (Å²) in [7, 11) is 0. The Morgan fingerprint density at radius 2 is 1.68 bits per heavy atom. The van der Waals surface area contributed by atoms with Crippen LogP contribution in [0.25, 0.3) is 10.9 Å². The first-order valence-electron chi connectivity index (χ1n) is 12.2. The molecule has 0 bridgehead atoms. The lowest BCUT2D eigenvalue weighted by atomic mass is 9.86. The van der Waals surface area contributed by atoms with E-state index in [1.807, 2.05) is 25.1 Å². The molecule has 194 valence electrons. The summed E-state index contributed by atoms with van der Waals surface area (Å²) < 4.78 is 39.8. The van der Waals surface area contributed by atoms with E-state index in [9.17, 15) is 18.0 Å². The van der Waals surface area contributed by atoms with E-state index < -0.39 is 11.7 Å². The van der Waals surface area contributed by atoms with Gasteiger partial charge in [-0.3, -0.25) is 4.79 Å². The summed E-state index contributed by atoms with van der Waals surface area (Å²) in [5.74, 6) is -0.241. The van der Waals surface area contributed by atoms with Crippen molar-refractivity contribution in [2.24, 2.45) is 0 Å². The lowest BCUT2D eigenvalue weighted by molar-refractivity contribution is -0.137. The van der Waals surface area contributed by atoms with Crippen molar-refractivity contribution < 1.29 is 18.0 Å². The van der Waals surface area contributed by atoms with Gasteiger partial charge in [0.2, 0.25) is 0 Å². The maximum atomic E-state index is 14.0. The van der Waals surface area contributed by atoms with Crippen molar-refractivity contribution in [1.29, 1.82) is 0 Å². The highest BCUT2D eigenvalue weighted by atomic mass is 35.5. The number of hydrogen-bond donors (Lipinski definition) is 1. The van der Waals surface area contributed by atoms with Crippen LogP contribution in [0.1, 0.15) is 66.3 Å². The summed E-state index contributed by atoms with van der Waals surface area (Å²) in [5.41, 5.74) is 3.02. The van der Waals surface area contributed by atoms with Gasteiger partial charge in [0.15, 0.2) is 0 Å². The Balaban J connectivity index is 1.69. The second-order valence-electron chi connectivity index (χ2n) is 10.4. The number of H-pyrrole nitrogens is 1. The van der Waals surface area contributed by atoms with Gasteiger partial charge < -0.3 is 9.88 Å². The number of alkyl halides is 3. The Bertz CT molecular complexity index is 1400. The quantitative estimate of drug-likeness (QED) is 0.268. The number of fused-ring (bicyclic) bond motifs is 1. The first kappa shape index (κ1) is 26.8. The van der Waals surface area contributed by atoms with Crippen molar-refractivity contribution in [3.05, 3.63) is 106 Å². The van der Waals surface area contributed by atoms with Crippen LogP contribution in [-0.4, -0.2) is 22.3 Å². The van der Waals surface area contributed by atoms with Crippen molar-refractivity contribution in [3.8, 4) is 0 Å². The number of rotatable bonds is 6. The zero-order valence-electron chi connectivity index (χ0n) is 21.3. The highest BCUT2D eigenvalue weighted by Gasteiger charge is 2.31. The first-order chi connectivity index (χ1) is 17.3. The van der Waals surface area contributed by atoms with Gasteiger partial charge in [0.05, 0.1) is 22.7 Å². The molecule has 0 spiro atoms. The molecule has 0 radical (unpaired) electrons. The Kier molecular flexibility index (Phi) is 7.43. The van der Waals surface area contributed by atoms with E-state index in [0.717, 1.165) is 23.1 Å². The van der Waals surface area contributed by atoms with Crippen molar-refractivity contribution in [3.63, 3.8) is 0 Å². The topological polar surface area (TPSA) is 36.1 Å². The van der Waals surface area contributed by atoms with E-state index in [0.29, 0.717) is 21.7 Å². The summed E-state index contributed by atoms with van der Waals surface area (Å²) in [6.07, 6.45) is -2.40. The van der Waals surface area contributed by atoms with E-state index in [1.54, 1.807) is 29.3 Å². The number of hydrogen-bond acceptors (Lipinski definition) is 1. The van der Waals surface area contributed by atoms with Crippen molar-refractivity contribution in [2.75, 3.05) is 6.54 Å². The molecule has 0 saturated carbocycles. The van der Waals surface area contributed by atoms with Gasteiger partial charge in [-0.15, -0.1) is 0 Å². The van der Waals surface area contributed by atoms with Crippen LogP contribution < -0.4 is 0 Å². The van der Waals surface area contributed by atoms with E-state index in [4.69, 9.17) is 11.6 Å². The van der Waals surface area contributed by atoms with Gasteiger partial charge in [-0.2, -0.15) is 13.2 Å². The Morgan fingerprint density at radius 3 is 2.32 bits per heavy atom. The van der Waals surface area contributed by atoms with Gasteiger partial charge in [-0.25, -0.2) is 0 Å². The Labute approximate surface area is 220 Å². The predicted octanol–water partition coefficient (Wildman–Crippen LogP) is 8.58. The second-order valence-corrected chi connectivity index (χ2v) is 10.8. The van der Waals surface area contributed by atoms with Crippen LogP contribution in [0.15, 0.2) is 72.9 Å². The minimum absolute atomic E-state index is 0.0131. The summed E-state index contributed by atoms with van der Waals surface area (Å²) >= 11 is 6.33. The van der Waals surface area contributed by atoms with Crippen LogP contribution in [0, 0.1) is 0 Å². The molecule has 0 fully saturated rings. The van der Waals surface area contributed by atoms with Gasteiger partial charge >= 0.3 is 6.18 Å². The summed E-state index contributed by atoms with van der Waals surface area (Å²) in [6, 6.07) is 18.3. The van der Waals surface area contributed by atoms with E-state index in [1.165, 1.54) is 11.6 Å². The zero-order valence-corrected chi connectivity index (χ0v) is 22.0. The molecule has 7 heteroatoms. The summed E-state index contributed by atoms with van der Waals surface area (Å²) in [6.45, 7) is 8.58. The highest BCUT2D eigenvalue weighted by Crippen LogP contribution is 2.32. The van der Waals surface area contributed by atoms with E-state index >= 15 is 0 Å². The minimum atomic E-state index is -4.42. The Morgan fingerprint density at radius 1 is 0.973 bits per heavy atom. The summed E-state index contributed by atoms with van der Waals surface area (Å²) in [4.78, 5) is 18.8. The van der Waals surface area contributed by atoms with Crippen LogP contribution in [0.3, 0.4) is 0 Å². The van der Waals surface area contributed by atoms with Crippen molar-refractivity contribution >= 4 is 28.4 Å². The molecule has 1 atom stereocenters. The van der Waals surface area contributed by atoms with Crippen LogP contribution in [-0.2, 0) is 18.0 Å². The molecule has 0 aliphatic carbocycles. The molecule has 1 amide bonds. The van der Waals surface area contributed by atoms with Gasteiger partial charge in [-0.1, -0.05) is 74.8 Å². The number of carbonyl (C=O) groups is 1. The third-order valence-corrected chi connectivity index (χ3v) is 6.96. The maximum absolute atomic E-state index is 14.0. The van der Waals surface area contributed by atoms with Gasteiger partial charge in [-0.05, 0) is 59.7 Å². The molecule has 4 rings (SSSR count). The molecule has 1 N–H and O–H groups in total. The smallest absolute Gasteiger partial charge is 0.361 e. The number of nitrogens with one attached hydrogen (secondary N) is 1. The maximum Gasteiger partial charge on any atom is 0.416 e. The Hall–Kier alpha value is -3.25. The number of nitrogens with zero attached hydrogens (tertiary/aromatic N) is 1. The van der Waals surface area contributed by atoms with E-state index in [-0.39, 0.29) is 30.3 Å². The number of benzene rings is 3. The van der Waals surface area contributed by atoms with Crippen molar-refractivity contribution in [1.82, 2.24) is 9.88 Å². The molecule has 0 aliphatic rings. The van der Waals surface area contributed by atoms with Crippen LogP contribution in [0.5, 0.6) is 0 Å². The molecule has 1 heterocycles. The fourth-order valence-corrected chi connectivity index (χ4v) is 4.75. The lowest BCUT2D eigenvalue weighted by Gasteiger charge is -2.31. The average molecular weight is 527 g/mol. The molecule has 0 saturated heterocycles. The lowest BCUT2D eigenvalue weighted by Crippen LogP contribution is -2.35. The standard InChI is InChI=1S/C30H30ClF3N2O/c1-19(21-8-10-23(11-9-21)29(2,3)4)36(15-13-20-6-5-7-24(16-20)30(32,33)34)28(37)26-18-25(31)17-22-12-14-35-27(22)26/h5-12,14,16-19,35H,13,15H2,1-4H3. The molecule has 3 aromatic carbocycles. The monoisotopic (exact) mass is 526 g/mol. The molecular formula is C30H30ClF3N2O. The zero-order chi connectivity index (χ0) is 27.0. The van der Waals surface area contributed by atoms with Crippen molar-refractivity contribution in [2.45, 2.75) is 51.7 Å². The first-order valence-corrected chi connectivity index (χ1v) is 12.6. The van der Waals surface area contributed by atoms with Gasteiger partial charge in [0.25, 0.3) is 5.91 Å². The van der Waals surface area contributed by atoms with Gasteiger partial charge in [0, 0.05) is 23.2 Å². The molecule has 37 heavy (non-hydrogen) atoms. The molecular weight excluding hydrogens is 497 g/mol. The third-order valence-electron chi connectivity index (χ3n) is 6.74. The molecule has 3 nitrogen and oxygen atoms in total.